The van der Waals surface area contributed by atoms with Crippen molar-refractivity contribution in [2.45, 2.75) is 26.7 Å². The van der Waals surface area contributed by atoms with Gasteiger partial charge in [0.15, 0.2) is 0 Å². The van der Waals surface area contributed by atoms with E-state index < -0.39 is 11.8 Å². The molecule has 0 radical (unpaired) electrons. The quantitative estimate of drug-likeness (QED) is 0.841. The number of benzene rings is 1. The summed E-state index contributed by atoms with van der Waals surface area (Å²) in [6, 6.07) is 3.70. The Bertz CT molecular complexity index is 756. The summed E-state index contributed by atoms with van der Waals surface area (Å²) in [4.78, 5) is 18.5. The monoisotopic (exact) mass is 306 g/mol. The van der Waals surface area contributed by atoms with Gasteiger partial charge in [-0.25, -0.2) is 14.2 Å². The average Bonchev–Trinajstić information content (AvgIpc) is 2.42. The predicted molar refractivity (Wildman–Crippen MR) is 80.5 cm³/mol. The maximum absolute atomic E-state index is 13.6. The van der Waals surface area contributed by atoms with Crippen molar-refractivity contribution < 1.29 is 14.3 Å². The zero-order valence-corrected chi connectivity index (χ0v) is 12.6. The Labute approximate surface area is 126 Å². The lowest BCUT2D eigenvalue weighted by Crippen LogP contribution is -2.02. The summed E-state index contributed by atoms with van der Waals surface area (Å²) >= 11 is 5.22. The normalized spacial score (nSPS) is 10.6. The van der Waals surface area contributed by atoms with Gasteiger partial charge in [0.25, 0.3) is 0 Å². The van der Waals surface area contributed by atoms with E-state index >= 15 is 0 Å². The first kappa shape index (κ1) is 15.3. The molecule has 1 aromatic heterocycles. The number of carbonyl (C=O) groups is 1. The van der Waals surface area contributed by atoms with Crippen LogP contribution in [0.4, 0.5) is 4.39 Å². The number of rotatable bonds is 4. The van der Waals surface area contributed by atoms with Crippen molar-refractivity contribution in [2.24, 2.45) is 0 Å². The van der Waals surface area contributed by atoms with E-state index in [0.717, 1.165) is 18.9 Å². The van der Waals surface area contributed by atoms with Gasteiger partial charge in [0.2, 0.25) is 0 Å². The number of nitrogens with zero attached hydrogens (tertiary/aromatic N) is 1. The smallest absolute Gasteiger partial charge is 0.335 e. The first-order valence-corrected chi connectivity index (χ1v) is 6.97. The summed E-state index contributed by atoms with van der Waals surface area (Å²) in [5.74, 6) is -1.06. The average molecular weight is 306 g/mol. The molecule has 1 aromatic carbocycles. The summed E-state index contributed by atoms with van der Waals surface area (Å²) in [6.45, 7) is 3.80. The second-order valence-corrected chi connectivity index (χ2v) is 5.16. The Morgan fingerprint density at radius 1 is 1.43 bits per heavy atom. The van der Waals surface area contributed by atoms with E-state index in [1.807, 2.05) is 6.92 Å². The van der Waals surface area contributed by atoms with Crippen LogP contribution in [-0.4, -0.2) is 21.0 Å². The molecule has 1 heterocycles. The highest BCUT2D eigenvalue weighted by molar-refractivity contribution is 7.71. The van der Waals surface area contributed by atoms with E-state index in [-0.39, 0.29) is 5.56 Å². The number of nitrogens with one attached hydrogen (secondary N) is 1. The van der Waals surface area contributed by atoms with Gasteiger partial charge < -0.3 is 10.1 Å². The third-order valence-electron chi connectivity index (χ3n) is 3.12. The summed E-state index contributed by atoms with van der Waals surface area (Å²) in [6.07, 6.45) is 1.61. The predicted octanol–water partition coefficient (Wildman–Crippen LogP) is 3.90. The van der Waals surface area contributed by atoms with Crippen molar-refractivity contribution in [2.75, 3.05) is 0 Å². The topological polar surface area (TPSA) is 66.0 Å². The van der Waals surface area contributed by atoms with E-state index in [0.29, 0.717) is 27.3 Å². The van der Waals surface area contributed by atoms with Crippen LogP contribution >= 0.6 is 12.2 Å². The summed E-state index contributed by atoms with van der Waals surface area (Å²) < 4.78 is 14.1. The van der Waals surface area contributed by atoms with Crippen LogP contribution in [0, 0.1) is 17.4 Å². The Hall–Kier alpha value is -2.08. The number of hydrogen-bond acceptors (Lipinski definition) is 3. The van der Waals surface area contributed by atoms with Gasteiger partial charge in [-0.3, -0.25) is 0 Å². The molecule has 21 heavy (non-hydrogen) atoms. The van der Waals surface area contributed by atoms with E-state index in [1.54, 1.807) is 6.92 Å². The number of aromatic carboxylic acids is 1. The minimum atomic E-state index is -1.17. The van der Waals surface area contributed by atoms with Crippen molar-refractivity contribution >= 4 is 18.2 Å². The fraction of sp³-hybridized carbons (Fsp3) is 0.267. The number of aryl methyl sites for hydroxylation is 1. The zero-order chi connectivity index (χ0) is 15.6. The maximum atomic E-state index is 13.6. The number of H-pyrrole nitrogens is 1. The van der Waals surface area contributed by atoms with Crippen LogP contribution in [0.3, 0.4) is 0 Å². The van der Waals surface area contributed by atoms with Crippen LogP contribution in [0.5, 0.6) is 0 Å². The van der Waals surface area contributed by atoms with E-state index in [4.69, 9.17) is 17.3 Å². The SMILES string of the molecule is CCCc1nc(=S)c(C)c(-c2cc(F)cc(C(=O)O)c2)[nH]1. The highest BCUT2D eigenvalue weighted by Gasteiger charge is 2.12. The third-order valence-corrected chi connectivity index (χ3v) is 3.52. The molecule has 0 amide bonds. The van der Waals surface area contributed by atoms with E-state index in [2.05, 4.69) is 9.97 Å². The number of halogens is 1. The standard InChI is InChI=1S/C15H15FN2O2S/c1-3-4-12-17-13(8(2)14(21)18-12)9-5-10(15(19)20)7-11(16)6-9/h5-7H,3-4H2,1-2H3,(H,19,20)(H,17,18,21). The number of aromatic nitrogens is 2. The van der Waals surface area contributed by atoms with Crippen LogP contribution in [0.15, 0.2) is 18.2 Å². The molecule has 2 rings (SSSR count). The van der Waals surface area contributed by atoms with Gasteiger partial charge >= 0.3 is 5.97 Å². The van der Waals surface area contributed by atoms with Gasteiger partial charge in [-0.1, -0.05) is 19.1 Å². The molecule has 2 aromatic rings. The van der Waals surface area contributed by atoms with Crippen molar-refractivity contribution in [3.63, 3.8) is 0 Å². The molecule has 0 spiro atoms. The summed E-state index contributed by atoms with van der Waals surface area (Å²) in [7, 11) is 0. The van der Waals surface area contributed by atoms with Crippen molar-refractivity contribution in [1.82, 2.24) is 9.97 Å². The molecule has 4 nitrogen and oxygen atoms in total. The summed E-state index contributed by atoms with van der Waals surface area (Å²) in [5.41, 5.74) is 1.67. The summed E-state index contributed by atoms with van der Waals surface area (Å²) in [5, 5.41) is 9.03. The van der Waals surface area contributed by atoms with Crippen molar-refractivity contribution in [1.29, 1.82) is 0 Å². The van der Waals surface area contributed by atoms with Gasteiger partial charge in [0.1, 0.15) is 16.3 Å². The lowest BCUT2D eigenvalue weighted by Gasteiger charge is -2.10. The molecule has 0 atom stereocenters. The third kappa shape index (κ3) is 3.33. The molecule has 0 aliphatic rings. The highest BCUT2D eigenvalue weighted by Crippen LogP contribution is 2.24. The lowest BCUT2D eigenvalue weighted by molar-refractivity contribution is 0.0696. The van der Waals surface area contributed by atoms with Crippen LogP contribution in [0.1, 0.15) is 35.1 Å². The molecule has 0 aliphatic heterocycles. The van der Waals surface area contributed by atoms with Gasteiger partial charge in [-0.15, -0.1) is 0 Å². The van der Waals surface area contributed by atoms with E-state index in [1.165, 1.54) is 12.1 Å². The Morgan fingerprint density at radius 3 is 2.76 bits per heavy atom. The number of carboxylic acids is 1. The highest BCUT2D eigenvalue weighted by atomic mass is 32.1. The van der Waals surface area contributed by atoms with Gasteiger partial charge in [-0.05, 0) is 31.5 Å². The number of aromatic amines is 1. The molecule has 0 unspecified atom stereocenters. The molecule has 0 bridgehead atoms. The van der Waals surface area contributed by atoms with Crippen molar-refractivity contribution in [3.05, 3.63) is 45.6 Å². The molecule has 2 N–H and O–H groups in total. The Morgan fingerprint density at radius 2 is 2.14 bits per heavy atom. The minimum Gasteiger partial charge on any atom is -0.478 e. The van der Waals surface area contributed by atoms with Crippen LogP contribution in [0.25, 0.3) is 11.3 Å². The van der Waals surface area contributed by atoms with Crippen LogP contribution in [0.2, 0.25) is 0 Å². The first-order chi connectivity index (χ1) is 9.92. The van der Waals surface area contributed by atoms with Crippen molar-refractivity contribution in [3.8, 4) is 11.3 Å². The molecule has 0 saturated carbocycles. The fourth-order valence-electron chi connectivity index (χ4n) is 2.08. The minimum absolute atomic E-state index is 0.0995. The fourth-order valence-corrected chi connectivity index (χ4v) is 2.29. The number of hydrogen-bond donors (Lipinski definition) is 2. The first-order valence-electron chi connectivity index (χ1n) is 6.56. The molecule has 0 saturated heterocycles. The largest absolute Gasteiger partial charge is 0.478 e. The maximum Gasteiger partial charge on any atom is 0.335 e. The van der Waals surface area contributed by atoms with Gasteiger partial charge in [0, 0.05) is 17.5 Å². The molecular weight excluding hydrogens is 291 g/mol. The van der Waals surface area contributed by atoms with Crippen LogP contribution in [-0.2, 0) is 6.42 Å². The second kappa shape index (κ2) is 6.13. The molecule has 6 heteroatoms. The molecular formula is C15H15FN2O2S. The van der Waals surface area contributed by atoms with Crippen LogP contribution < -0.4 is 0 Å². The molecule has 0 aliphatic carbocycles. The second-order valence-electron chi connectivity index (χ2n) is 4.77. The van der Waals surface area contributed by atoms with Gasteiger partial charge in [0.05, 0.1) is 11.3 Å². The zero-order valence-electron chi connectivity index (χ0n) is 11.7. The molecule has 110 valence electrons. The van der Waals surface area contributed by atoms with Gasteiger partial charge in [-0.2, -0.15) is 0 Å². The van der Waals surface area contributed by atoms with E-state index in [9.17, 15) is 9.18 Å². The lowest BCUT2D eigenvalue weighted by atomic mass is 10.0. The number of carboxylic acid groups (broad SMARTS) is 1. The molecule has 0 fully saturated rings. The Kier molecular flexibility index (Phi) is 4.47. The Balaban J connectivity index is 2.66.